The number of ether oxygens (including phenoxy) is 1. The van der Waals surface area contributed by atoms with Crippen molar-refractivity contribution in [2.75, 3.05) is 13.1 Å². The molecule has 1 atom stereocenters. The minimum atomic E-state index is -0.855. The molecule has 0 aromatic heterocycles. The number of rotatable bonds is 3. The Morgan fingerprint density at radius 1 is 0.861 bits per heavy atom. The van der Waals surface area contributed by atoms with Gasteiger partial charge in [-0.3, -0.25) is 19.3 Å². The van der Waals surface area contributed by atoms with E-state index in [9.17, 15) is 14.4 Å². The number of likely N-dealkylation sites (tertiary alicyclic amines) is 1. The molecule has 1 spiro atoms. The Labute approximate surface area is 209 Å². The van der Waals surface area contributed by atoms with Crippen LogP contribution in [0.1, 0.15) is 46.0 Å². The van der Waals surface area contributed by atoms with E-state index in [0.29, 0.717) is 37.1 Å². The van der Waals surface area contributed by atoms with Gasteiger partial charge < -0.3 is 9.64 Å². The molecule has 1 unspecified atom stereocenters. The van der Waals surface area contributed by atoms with Gasteiger partial charge in [-0.15, -0.1) is 0 Å². The molecule has 3 aliphatic rings. The number of carbonyl (C=O) groups excluding carboxylic acids is 3. The van der Waals surface area contributed by atoms with Crippen LogP contribution in [0.3, 0.4) is 0 Å². The molecular weight excluding hydrogens is 452 g/mol. The molecule has 0 saturated carbocycles. The lowest BCUT2D eigenvalue weighted by Crippen LogP contribution is -2.54. The fourth-order valence-electron chi connectivity index (χ4n) is 5.39. The molecule has 0 aliphatic carbocycles. The van der Waals surface area contributed by atoms with Crippen molar-refractivity contribution < 1.29 is 19.1 Å². The van der Waals surface area contributed by atoms with E-state index in [4.69, 9.17) is 4.74 Å². The van der Waals surface area contributed by atoms with Crippen LogP contribution < -0.4 is 4.74 Å². The number of nitrogens with zero attached hydrogens (tertiary/aromatic N) is 2. The van der Waals surface area contributed by atoms with Crippen LogP contribution in [0, 0.1) is 0 Å². The fourth-order valence-corrected chi connectivity index (χ4v) is 5.39. The molecule has 0 N–H and O–H groups in total. The quantitative estimate of drug-likeness (QED) is 0.507. The summed E-state index contributed by atoms with van der Waals surface area (Å²) in [7, 11) is 0. The lowest BCUT2D eigenvalue weighted by molar-refractivity contribution is -0.137. The Bertz CT molecular complexity index is 1370. The number of benzene rings is 3. The zero-order chi connectivity index (χ0) is 24.9. The van der Waals surface area contributed by atoms with Gasteiger partial charge in [0.1, 0.15) is 17.4 Å². The first-order chi connectivity index (χ1) is 17.5. The number of hydrogen-bond donors (Lipinski definition) is 0. The summed E-state index contributed by atoms with van der Waals surface area (Å²) < 4.78 is 6.47. The van der Waals surface area contributed by atoms with Crippen LogP contribution in [0.15, 0.2) is 78.9 Å². The maximum Gasteiger partial charge on any atom is 0.262 e. The van der Waals surface area contributed by atoms with Crippen molar-refractivity contribution in [2.45, 2.75) is 31.4 Å². The summed E-state index contributed by atoms with van der Waals surface area (Å²) in [4.78, 5) is 41.8. The minimum absolute atomic E-state index is 0.216. The highest BCUT2D eigenvalue weighted by molar-refractivity contribution is 6.22. The predicted octanol–water partition coefficient (Wildman–Crippen LogP) is 4.81. The molecule has 3 aromatic carbocycles. The Morgan fingerprint density at radius 2 is 1.50 bits per heavy atom. The second-order valence-corrected chi connectivity index (χ2v) is 9.65. The first-order valence-corrected chi connectivity index (χ1v) is 12.3. The molecule has 3 amide bonds. The molecule has 1 fully saturated rings. The summed E-state index contributed by atoms with van der Waals surface area (Å²) in [5.41, 5.74) is 3.59. The van der Waals surface area contributed by atoms with Crippen LogP contribution in [0.5, 0.6) is 5.75 Å². The average Bonchev–Trinajstić information content (AvgIpc) is 3.18. The van der Waals surface area contributed by atoms with E-state index in [0.717, 1.165) is 27.3 Å². The van der Waals surface area contributed by atoms with Crippen molar-refractivity contribution in [3.63, 3.8) is 0 Å². The van der Waals surface area contributed by atoms with E-state index in [2.05, 4.69) is 36.4 Å². The van der Waals surface area contributed by atoms with Gasteiger partial charge in [0.15, 0.2) is 0 Å². The van der Waals surface area contributed by atoms with Gasteiger partial charge in [-0.2, -0.15) is 0 Å². The second kappa shape index (κ2) is 8.48. The van der Waals surface area contributed by atoms with Crippen LogP contribution in [0.2, 0.25) is 0 Å². The summed E-state index contributed by atoms with van der Waals surface area (Å²) in [6, 6.07) is 22.3. The number of fused-ring (bicyclic) bond motifs is 2. The zero-order valence-corrected chi connectivity index (χ0v) is 20.0. The molecule has 0 bridgehead atoms. The molecule has 3 aliphatic heterocycles. The molecule has 180 valence electrons. The smallest absolute Gasteiger partial charge is 0.262 e. The Kier molecular flexibility index (Phi) is 5.25. The Morgan fingerprint density at radius 3 is 2.17 bits per heavy atom. The van der Waals surface area contributed by atoms with Gasteiger partial charge >= 0.3 is 0 Å². The fraction of sp³-hybridized carbons (Fsp3) is 0.233. The Hall–Kier alpha value is -4.19. The molecular formula is C30H26N2O4. The third kappa shape index (κ3) is 3.61. The molecule has 36 heavy (non-hydrogen) atoms. The second-order valence-electron chi connectivity index (χ2n) is 9.65. The van der Waals surface area contributed by atoms with Crippen LogP contribution in [0.25, 0.3) is 17.2 Å². The van der Waals surface area contributed by atoms with Gasteiger partial charge in [0, 0.05) is 31.5 Å². The topological polar surface area (TPSA) is 66.9 Å². The van der Waals surface area contributed by atoms with Crippen LogP contribution in [-0.4, -0.2) is 52.3 Å². The molecule has 6 nitrogen and oxygen atoms in total. The molecule has 0 radical (unpaired) electrons. The van der Waals surface area contributed by atoms with E-state index in [1.54, 1.807) is 36.1 Å². The SMILES string of the molecule is CC(C(=O)N1CCC2(C=Cc3cc(-c4ccccc4)ccc3O2)CC1)N1C(=O)c2ccccc2C1=O. The van der Waals surface area contributed by atoms with Crippen LogP contribution >= 0.6 is 0 Å². The van der Waals surface area contributed by atoms with Gasteiger partial charge in [-0.25, -0.2) is 0 Å². The maximum absolute atomic E-state index is 13.3. The van der Waals surface area contributed by atoms with Gasteiger partial charge in [-0.05, 0) is 48.4 Å². The van der Waals surface area contributed by atoms with Crippen molar-refractivity contribution >= 4 is 23.8 Å². The van der Waals surface area contributed by atoms with Gasteiger partial charge in [0.05, 0.1) is 11.1 Å². The third-order valence-electron chi connectivity index (χ3n) is 7.49. The first kappa shape index (κ1) is 22.3. The molecule has 3 heterocycles. The first-order valence-electron chi connectivity index (χ1n) is 12.3. The van der Waals surface area contributed by atoms with E-state index >= 15 is 0 Å². The molecule has 3 aromatic rings. The Balaban J connectivity index is 1.13. The third-order valence-corrected chi connectivity index (χ3v) is 7.49. The van der Waals surface area contributed by atoms with Crippen molar-refractivity contribution in [1.29, 1.82) is 0 Å². The number of amides is 3. The lowest BCUT2D eigenvalue weighted by Gasteiger charge is -2.42. The monoisotopic (exact) mass is 478 g/mol. The van der Waals surface area contributed by atoms with Crippen molar-refractivity contribution in [3.05, 3.63) is 95.6 Å². The summed E-state index contributed by atoms with van der Waals surface area (Å²) in [5.74, 6) is -0.187. The largest absolute Gasteiger partial charge is 0.482 e. The maximum atomic E-state index is 13.3. The summed E-state index contributed by atoms with van der Waals surface area (Å²) in [5, 5.41) is 0. The lowest BCUT2D eigenvalue weighted by atomic mass is 9.87. The average molecular weight is 479 g/mol. The normalized spacial score (nSPS) is 18.6. The highest BCUT2D eigenvalue weighted by atomic mass is 16.5. The highest BCUT2D eigenvalue weighted by Gasteiger charge is 2.44. The van der Waals surface area contributed by atoms with Gasteiger partial charge in [0.2, 0.25) is 5.91 Å². The van der Waals surface area contributed by atoms with E-state index in [-0.39, 0.29) is 5.91 Å². The van der Waals surface area contributed by atoms with Crippen molar-refractivity contribution in [3.8, 4) is 16.9 Å². The number of imide groups is 1. The standard InChI is InChI=1S/C30H26N2O4/c1-20(32-28(34)24-9-5-6-10-25(24)29(32)35)27(33)31-17-15-30(16-18-31)14-13-23-19-22(11-12-26(23)36-30)21-7-3-2-4-8-21/h2-14,19-20H,15-18H2,1H3. The van der Waals surface area contributed by atoms with E-state index in [1.165, 1.54) is 0 Å². The number of carbonyl (C=O) groups is 3. The molecule has 6 heteroatoms. The summed E-state index contributed by atoms with van der Waals surface area (Å²) >= 11 is 0. The predicted molar refractivity (Wildman–Crippen MR) is 136 cm³/mol. The molecule has 1 saturated heterocycles. The summed E-state index contributed by atoms with van der Waals surface area (Å²) in [6.45, 7) is 2.62. The zero-order valence-electron chi connectivity index (χ0n) is 20.0. The minimum Gasteiger partial charge on any atom is -0.482 e. The van der Waals surface area contributed by atoms with Crippen LogP contribution in [0.4, 0.5) is 0 Å². The van der Waals surface area contributed by atoms with E-state index < -0.39 is 23.5 Å². The van der Waals surface area contributed by atoms with E-state index in [1.807, 2.05) is 24.3 Å². The van der Waals surface area contributed by atoms with Crippen molar-refractivity contribution in [2.24, 2.45) is 0 Å². The van der Waals surface area contributed by atoms with Gasteiger partial charge in [-0.1, -0.05) is 54.6 Å². The highest BCUT2D eigenvalue weighted by Crippen LogP contribution is 2.39. The summed E-state index contributed by atoms with van der Waals surface area (Å²) in [6.07, 6.45) is 5.51. The molecule has 6 rings (SSSR count). The number of hydrogen-bond acceptors (Lipinski definition) is 4. The van der Waals surface area contributed by atoms with Crippen LogP contribution in [-0.2, 0) is 4.79 Å². The van der Waals surface area contributed by atoms with Crippen molar-refractivity contribution in [1.82, 2.24) is 9.80 Å². The number of piperidine rings is 1. The van der Waals surface area contributed by atoms with Gasteiger partial charge in [0.25, 0.3) is 11.8 Å².